The number of carbonyl (C=O) groups is 2. The first-order valence-corrected chi connectivity index (χ1v) is 18.2. The summed E-state index contributed by atoms with van der Waals surface area (Å²) in [4.78, 5) is 22.9. The second kappa shape index (κ2) is 20.4. The summed E-state index contributed by atoms with van der Waals surface area (Å²) < 4.78 is 26.8. The monoisotopic (exact) mass is 858 g/mol. The predicted molar refractivity (Wildman–Crippen MR) is 210 cm³/mol. The van der Waals surface area contributed by atoms with Crippen LogP contribution < -0.4 is 44.9 Å². The van der Waals surface area contributed by atoms with Crippen LogP contribution in [0.2, 0.25) is 5.02 Å². The van der Waals surface area contributed by atoms with Crippen molar-refractivity contribution in [1.29, 1.82) is 0 Å². The SMILES string of the molecule is CC(=O)Nc1cccc2ccc(O)c(N=Nc3cc(Cl)ccc3O)c12.CCNS(=O)(=O)c1ccc(O)c(N=Nc2c(O)ccc3cccc(NC(C)=O)c23)c1.[Cr].[Na+]. The Morgan fingerprint density at radius 2 is 1.07 bits per heavy atom. The molecule has 6 aromatic rings. The number of halogens is 1. The van der Waals surface area contributed by atoms with Gasteiger partial charge in [-0.05, 0) is 71.4 Å². The molecule has 19 heteroatoms. The zero-order valence-electron chi connectivity index (χ0n) is 30.8. The van der Waals surface area contributed by atoms with Crippen LogP contribution in [-0.4, -0.2) is 47.2 Å². The minimum absolute atomic E-state index is 0. The maximum Gasteiger partial charge on any atom is 1.00 e. The van der Waals surface area contributed by atoms with Crippen molar-refractivity contribution in [3.63, 3.8) is 0 Å². The average molecular weight is 859 g/mol. The summed E-state index contributed by atoms with van der Waals surface area (Å²) in [6, 6.07) is 24.8. The van der Waals surface area contributed by atoms with Crippen LogP contribution in [0.1, 0.15) is 20.8 Å². The Morgan fingerprint density at radius 1 is 0.632 bits per heavy atom. The molecule has 15 nitrogen and oxygen atoms in total. The summed E-state index contributed by atoms with van der Waals surface area (Å²) in [6.07, 6.45) is 0. The fourth-order valence-corrected chi connectivity index (χ4v) is 6.52. The van der Waals surface area contributed by atoms with Gasteiger partial charge in [-0.2, -0.15) is 0 Å². The summed E-state index contributed by atoms with van der Waals surface area (Å²) in [6.45, 7) is 4.61. The van der Waals surface area contributed by atoms with Crippen molar-refractivity contribution in [2.45, 2.75) is 25.7 Å². The Kier molecular flexibility index (Phi) is 16.5. The van der Waals surface area contributed by atoms with E-state index in [-0.39, 0.29) is 116 Å². The molecule has 0 saturated heterocycles. The largest absolute Gasteiger partial charge is 1.00 e. The van der Waals surface area contributed by atoms with Gasteiger partial charge in [0.1, 0.15) is 45.7 Å². The Hall–Kier alpha value is -5.09. The molecule has 0 heterocycles. The van der Waals surface area contributed by atoms with E-state index in [0.29, 0.717) is 32.6 Å². The number of rotatable bonds is 9. The van der Waals surface area contributed by atoms with Crippen molar-refractivity contribution >= 4 is 89.1 Å². The maximum absolute atomic E-state index is 12.2. The Labute approximate surface area is 365 Å². The van der Waals surface area contributed by atoms with Crippen molar-refractivity contribution in [1.82, 2.24) is 4.72 Å². The second-order valence-electron chi connectivity index (χ2n) is 11.7. The first-order valence-electron chi connectivity index (χ1n) is 16.4. The van der Waals surface area contributed by atoms with E-state index in [2.05, 4.69) is 35.8 Å². The van der Waals surface area contributed by atoms with Crippen LogP contribution in [0, 0.1) is 0 Å². The molecule has 0 unspecified atom stereocenters. The quantitative estimate of drug-likeness (QED) is 0.0651. The number of carbonyl (C=O) groups excluding carboxylic acids is 2. The minimum atomic E-state index is -3.76. The van der Waals surface area contributed by atoms with Gasteiger partial charge in [-0.15, -0.1) is 20.5 Å². The van der Waals surface area contributed by atoms with Gasteiger partial charge in [-0.3, -0.25) is 9.59 Å². The number of nitrogens with zero attached hydrogens (tertiary/aromatic N) is 4. The summed E-state index contributed by atoms with van der Waals surface area (Å²) in [5, 5.41) is 64.8. The summed E-state index contributed by atoms with van der Waals surface area (Å²) >= 11 is 5.90. The summed E-state index contributed by atoms with van der Waals surface area (Å²) in [5.74, 6) is -1.21. The van der Waals surface area contributed by atoms with Crippen LogP contribution in [0.25, 0.3) is 21.5 Å². The number of aromatic hydroxyl groups is 4. The first-order chi connectivity index (χ1) is 26.2. The Morgan fingerprint density at radius 3 is 1.53 bits per heavy atom. The second-order valence-corrected chi connectivity index (χ2v) is 13.9. The average Bonchev–Trinajstić information content (AvgIpc) is 3.13. The molecule has 6 aromatic carbocycles. The minimum Gasteiger partial charge on any atom is -0.506 e. The Balaban J connectivity index is 0.000000299. The van der Waals surface area contributed by atoms with E-state index in [9.17, 15) is 38.4 Å². The van der Waals surface area contributed by atoms with Crippen molar-refractivity contribution in [3.8, 4) is 23.0 Å². The third kappa shape index (κ3) is 11.5. The molecule has 0 aliphatic heterocycles. The first kappa shape index (κ1) is 46.3. The van der Waals surface area contributed by atoms with Gasteiger partial charge in [0.25, 0.3) is 0 Å². The van der Waals surface area contributed by atoms with E-state index in [1.807, 2.05) is 6.07 Å². The van der Waals surface area contributed by atoms with Crippen LogP contribution in [-0.2, 0) is 37.0 Å². The van der Waals surface area contributed by atoms with Gasteiger partial charge >= 0.3 is 29.6 Å². The van der Waals surface area contributed by atoms with Gasteiger partial charge in [-0.1, -0.05) is 54.9 Å². The van der Waals surface area contributed by atoms with Crippen LogP contribution in [0.3, 0.4) is 0 Å². The molecule has 288 valence electrons. The molecule has 0 fully saturated rings. The maximum atomic E-state index is 12.2. The number of fused-ring (bicyclic) bond motifs is 2. The van der Waals surface area contributed by atoms with Crippen LogP contribution in [0.4, 0.5) is 34.1 Å². The number of phenols is 4. The molecule has 0 bridgehead atoms. The third-order valence-electron chi connectivity index (χ3n) is 7.66. The van der Waals surface area contributed by atoms with E-state index < -0.39 is 10.0 Å². The van der Waals surface area contributed by atoms with Gasteiger partial charge in [0.2, 0.25) is 21.8 Å². The third-order valence-corrected chi connectivity index (χ3v) is 9.44. The van der Waals surface area contributed by atoms with Gasteiger partial charge in [0, 0.05) is 53.5 Å². The van der Waals surface area contributed by atoms with Crippen molar-refractivity contribution in [2.75, 3.05) is 17.2 Å². The smallest absolute Gasteiger partial charge is 0.506 e. The van der Waals surface area contributed by atoms with Crippen molar-refractivity contribution in [2.24, 2.45) is 20.5 Å². The summed E-state index contributed by atoms with van der Waals surface area (Å²) in [7, 11) is -3.76. The van der Waals surface area contributed by atoms with Crippen LogP contribution in [0.5, 0.6) is 23.0 Å². The van der Waals surface area contributed by atoms with E-state index in [0.717, 1.165) is 5.39 Å². The number of sulfonamides is 1. The molecular formula is C38H34ClCrN7NaO8S+. The molecule has 0 radical (unpaired) electrons. The Bertz CT molecular complexity index is 2630. The topological polar surface area (TPSA) is 235 Å². The molecule has 2 amide bonds. The summed E-state index contributed by atoms with van der Waals surface area (Å²) in [5.41, 5.74) is 1.25. The van der Waals surface area contributed by atoms with Crippen LogP contribution in [0.15, 0.2) is 122 Å². The zero-order chi connectivity index (χ0) is 39.9. The number of phenolic OH excluding ortho intramolecular Hbond substituents is 4. The van der Waals surface area contributed by atoms with Gasteiger partial charge in [-0.25, -0.2) is 13.1 Å². The number of benzene rings is 6. The molecule has 6 rings (SSSR count). The van der Waals surface area contributed by atoms with Gasteiger partial charge < -0.3 is 31.1 Å². The normalized spacial score (nSPS) is 11.1. The molecule has 0 aliphatic rings. The fourth-order valence-electron chi connectivity index (χ4n) is 5.30. The number of hydrogen-bond acceptors (Lipinski definition) is 12. The van der Waals surface area contributed by atoms with E-state index in [4.69, 9.17) is 11.6 Å². The predicted octanol–water partition coefficient (Wildman–Crippen LogP) is 6.20. The van der Waals surface area contributed by atoms with Crippen molar-refractivity contribution < 1.29 is 85.4 Å². The molecule has 0 aliphatic carbocycles. The molecule has 57 heavy (non-hydrogen) atoms. The number of amides is 2. The molecule has 0 atom stereocenters. The molecule has 0 aromatic heterocycles. The molecule has 0 spiro atoms. The fraction of sp³-hybridized carbons (Fsp3) is 0.105. The zero-order valence-corrected chi connectivity index (χ0v) is 35.7. The molecule has 0 saturated carbocycles. The number of nitrogens with one attached hydrogen (secondary N) is 3. The number of anilines is 2. The van der Waals surface area contributed by atoms with Crippen LogP contribution >= 0.6 is 11.6 Å². The number of azo groups is 2. The molecule has 7 N–H and O–H groups in total. The number of hydrogen-bond donors (Lipinski definition) is 7. The van der Waals surface area contributed by atoms with Gasteiger partial charge in [0.05, 0.1) is 16.3 Å². The van der Waals surface area contributed by atoms with Gasteiger partial charge in [0.15, 0.2) is 0 Å². The van der Waals surface area contributed by atoms with Crippen molar-refractivity contribution in [3.05, 3.63) is 102 Å². The standard InChI is InChI=1S/C20H20N4O5S.C18H14ClN3O3.Cr.Na/c1-3-21-30(28,29)14-8-10-17(26)16(11-14)23-24-20-18(27)9-7-13-5-4-6-15(19(13)20)22-12(2)25;1-10(23)20-13-4-2-3-11-5-7-16(25)18(17(11)13)22-21-14-9-12(19)6-8-15(14)24;;/h4-11,21,26-27H,3H2,1-2H3,(H,22,25);2-9,24-25H,1H3,(H,20,23);;/q;;;+1. The van der Waals surface area contributed by atoms with E-state index in [1.54, 1.807) is 49.4 Å². The van der Waals surface area contributed by atoms with E-state index >= 15 is 0 Å². The van der Waals surface area contributed by atoms with E-state index in [1.165, 1.54) is 62.4 Å². The molecular weight excluding hydrogens is 825 g/mol.